The molecule has 2 heterocycles. The molecule has 0 atom stereocenters. The second-order valence-corrected chi connectivity index (χ2v) is 7.50. The molecule has 2 aromatic heterocycles. The van der Waals surface area contributed by atoms with Crippen LogP contribution in [0.1, 0.15) is 9.88 Å². The summed E-state index contributed by atoms with van der Waals surface area (Å²) < 4.78 is 0. The minimum atomic E-state index is 0.601. The van der Waals surface area contributed by atoms with Crippen LogP contribution in [0.25, 0.3) is 34.0 Å². The van der Waals surface area contributed by atoms with Gasteiger partial charge in [0.05, 0.1) is 11.3 Å². The highest BCUT2D eigenvalue weighted by molar-refractivity contribution is 7.12. The van der Waals surface area contributed by atoms with Crippen LogP contribution in [0.15, 0.2) is 77.5 Å². The zero-order valence-electron chi connectivity index (χ0n) is 13.8. The van der Waals surface area contributed by atoms with E-state index in [1.165, 1.54) is 22.5 Å². The molecule has 0 spiro atoms. The second-order valence-electron chi connectivity index (χ2n) is 5.67. The monoisotopic (exact) mass is 370 g/mol. The van der Waals surface area contributed by atoms with Gasteiger partial charge in [0.2, 0.25) is 0 Å². The van der Waals surface area contributed by atoms with E-state index in [1.54, 1.807) is 11.3 Å². The number of allylic oxidation sites excluding steroid dienone is 1. The fourth-order valence-corrected chi connectivity index (χ4v) is 4.10. The van der Waals surface area contributed by atoms with Crippen molar-refractivity contribution in [3.05, 3.63) is 87.4 Å². The standard InChI is InChI=1S/C22H14N2S2/c23-14-19(13-20-7-4-12-25-20)22-24-21(15-26-22)18-10-8-17(9-11-18)16-5-2-1-3-6-16/h1-13,15H/b19-13+. The third-order valence-electron chi connectivity index (χ3n) is 3.97. The zero-order chi connectivity index (χ0) is 17.8. The quantitative estimate of drug-likeness (QED) is 0.379. The molecule has 4 rings (SSSR count). The minimum absolute atomic E-state index is 0.601. The van der Waals surface area contributed by atoms with Crippen molar-refractivity contribution in [3.63, 3.8) is 0 Å². The van der Waals surface area contributed by atoms with Crippen molar-refractivity contribution < 1.29 is 0 Å². The van der Waals surface area contributed by atoms with E-state index < -0.39 is 0 Å². The minimum Gasteiger partial charge on any atom is -0.235 e. The third-order valence-corrected chi connectivity index (χ3v) is 5.67. The van der Waals surface area contributed by atoms with Gasteiger partial charge in [0, 0.05) is 15.8 Å². The molecule has 0 aliphatic carbocycles. The SMILES string of the molecule is N#C/C(=C\c1cccs1)c1nc(-c2ccc(-c3ccccc3)cc2)cs1. The molecule has 0 radical (unpaired) electrons. The molecule has 0 unspecified atom stereocenters. The predicted molar refractivity (Wildman–Crippen MR) is 111 cm³/mol. The lowest BCUT2D eigenvalue weighted by Crippen LogP contribution is -1.83. The Bertz CT molecular complexity index is 1070. The molecule has 0 aliphatic rings. The molecule has 0 bridgehead atoms. The van der Waals surface area contributed by atoms with Gasteiger partial charge in [0.1, 0.15) is 11.1 Å². The van der Waals surface area contributed by atoms with Gasteiger partial charge in [-0.15, -0.1) is 22.7 Å². The largest absolute Gasteiger partial charge is 0.235 e. The second kappa shape index (κ2) is 7.49. The van der Waals surface area contributed by atoms with Gasteiger partial charge in [-0.25, -0.2) is 4.98 Å². The summed E-state index contributed by atoms with van der Waals surface area (Å²) in [6.07, 6.45) is 1.89. The van der Waals surface area contributed by atoms with Crippen molar-refractivity contribution >= 4 is 34.3 Å². The summed E-state index contributed by atoms with van der Waals surface area (Å²) in [5, 5.41) is 14.2. The van der Waals surface area contributed by atoms with E-state index in [9.17, 15) is 5.26 Å². The Morgan fingerprint density at radius 3 is 2.27 bits per heavy atom. The lowest BCUT2D eigenvalue weighted by atomic mass is 10.0. The van der Waals surface area contributed by atoms with Gasteiger partial charge in [0.25, 0.3) is 0 Å². The fourth-order valence-electron chi connectivity index (χ4n) is 2.65. The first kappa shape index (κ1) is 16.5. The van der Waals surface area contributed by atoms with E-state index in [2.05, 4.69) is 47.5 Å². The average Bonchev–Trinajstić information content (AvgIpc) is 3.39. The number of benzene rings is 2. The van der Waals surface area contributed by atoms with Crippen LogP contribution in [0.3, 0.4) is 0 Å². The molecule has 0 saturated heterocycles. The lowest BCUT2D eigenvalue weighted by Gasteiger charge is -2.02. The van der Waals surface area contributed by atoms with Crippen molar-refractivity contribution in [1.82, 2.24) is 4.98 Å². The normalized spacial score (nSPS) is 11.3. The topological polar surface area (TPSA) is 36.7 Å². The van der Waals surface area contributed by atoms with Crippen LogP contribution in [0.4, 0.5) is 0 Å². The number of thiazole rings is 1. The number of hydrogen-bond acceptors (Lipinski definition) is 4. The first-order valence-corrected chi connectivity index (χ1v) is 9.86. The van der Waals surface area contributed by atoms with Crippen LogP contribution >= 0.6 is 22.7 Å². The van der Waals surface area contributed by atoms with E-state index in [-0.39, 0.29) is 0 Å². The molecule has 0 amide bonds. The summed E-state index contributed by atoms with van der Waals surface area (Å²) in [6.45, 7) is 0. The van der Waals surface area contributed by atoms with Crippen LogP contribution < -0.4 is 0 Å². The Kier molecular flexibility index (Phi) is 4.74. The Balaban J connectivity index is 1.61. The van der Waals surface area contributed by atoms with Crippen molar-refractivity contribution in [2.45, 2.75) is 0 Å². The summed E-state index contributed by atoms with van der Waals surface area (Å²) in [5.41, 5.74) is 4.94. The Hall–Kier alpha value is -3.00. The van der Waals surface area contributed by atoms with Crippen molar-refractivity contribution in [1.29, 1.82) is 5.26 Å². The van der Waals surface area contributed by atoms with Crippen LogP contribution in [-0.4, -0.2) is 4.98 Å². The molecule has 2 aromatic carbocycles. The van der Waals surface area contributed by atoms with Crippen molar-refractivity contribution in [2.24, 2.45) is 0 Å². The van der Waals surface area contributed by atoms with E-state index in [4.69, 9.17) is 0 Å². The van der Waals surface area contributed by atoms with Gasteiger partial charge in [0.15, 0.2) is 0 Å². The first-order valence-electron chi connectivity index (χ1n) is 8.10. The van der Waals surface area contributed by atoms with Gasteiger partial charge in [-0.1, -0.05) is 60.7 Å². The van der Waals surface area contributed by atoms with E-state index in [0.717, 1.165) is 21.1 Å². The highest BCUT2D eigenvalue weighted by atomic mass is 32.1. The fraction of sp³-hybridized carbons (Fsp3) is 0. The maximum atomic E-state index is 9.47. The Labute approximate surface area is 160 Å². The summed E-state index contributed by atoms with van der Waals surface area (Å²) in [6, 6.07) is 24.9. The summed E-state index contributed by atoms with van der Waals surface area (Å²) >= 11 is 3.12. The maximum Gasteiger partial charge on any atom is 0.134 e. The average molecular weight is 371 g/mol. The van der Waals surface area contributed by atoms with Gasteiger partial charge in [-0.2, -0.15) is 5.26 Å². The van der Waals surface area contributed by atoms with Crippen LogP contribution in [-0.2, 0) is 0 Å². The molecule has 0 fully saturated rings. The number of thiophene rings is 1. The van der Waals surface area contributed by atoms with Gasteiger partial charge >= 0.3 is 0 Å². The van der Waals surface area contributed by atoms with E-state index in [0.29, 0.717) is 5.57 Å². The predicted octanol–water partition coefficient (Wildman–Crippen LogP) is 6.60. The molecule has 26 heavy (non-hydrogen) atoms. The molecule has 0 aliphatic heterocycles. The highest BCUT2D eigenvalue weighted by Crippen LogP contribution is 2.29. The van der Waals surface area contributed by atoms with E-state index >= 15 is 0 Å². The van der Waals surface area contributed by atoms with Gasteiger partial charge in [-0.05, 0) is 28.6 Å². The van der Waals surface area contributed by atoms with Crippen LogP contribution in [0.5, 0.6) is 0 Å². The molecule has 2 nitrogen and oxygen atoms in total. The van der Waals surface area contributed by atoms with E-state index in [1.807, 2.05) is 47.2 Å². The number of hydrogen-bond donors (Lipinski definition) is 0. The number of aromatic nitrogens is 1. The molecule has 4 heteroatoms. The lowest BCUT2D eigenvalue weighted by molar-refractivity contribution is 1.37. The molecule has 0 N–H and O–H groups in total. The number of nitriles is 1. The van der Waals surface area contributed by atoms with Crippen LogP contribution in [0.2, 0.25) is 0 Å². The smallest absolute Gasteiger partial charge is 0.134 e. The zero-order valence-corrected chi connectivity index (χ0v) is 15.4. The number of rotatable bonds is 4. The van der Waals surface area contributed by atoms with Gasteiger partial charge < -0.3 is 0 Å². The molecule has 124 valence electrons. The summed E-state index contributed by atoms with van der Waals surface area (Å²) in [5.74, 6) is 0. The summed E-state index contributed by atoms with van der Waals surface area (Å²) in [7, 11) is 0. The number of nitrogens with zero attached hydrogens (tertiary/aromatic N) is 2. The molecular weight excluding hydrogens is 356 g/mol. The summed E-state index contributed by atoms with van der Waals surface area (Å²) in [4.78, 5) is 5.73. The van der Waals surface area contributed by atoms with Crippen molar-refractivity contribution in [2.75, 3.05) is 0 Å². The molecule has 0 saturated carbocycles. The van der Waals surface area contributed by atoms with Crippen LogP contribution in [0, 0.1) is 11.3 Å². The maximum absolute atomic E-state index is 9.47. The molecule has 4 aromatic rings. The first-order chi connectivity index (χ1) is 12.8. The third kappa shape index (κ3) is 3.50. The molecular formula is C22H14N2S2. The van der Waals surface area contributed by atoms with Gasteiger partial charge in [-0.3, -0.25) is 0 Å². The Morgan fingerprint density at radius 1 is 0.846 bits per heavy atom. The Morgan fingerprint density at radius 2 is 1.58 bits per heavy atom. The highest BCUT2D eigenvalue weighted by Gasteiger charge is 2.09. The van der Waals surface area contributed by atoms with Crippen molar-refractivity contribution in [3.8, 4) is 28.5 Å².